The molecule has 0 amide bonds. The van der Waals surface area contributed by atoms with Crippen LogP contribution in [0, 0.1) is 12.3 Å². The molecule has 0 fully saturated rings. The molecule has 0 radical (unpaired) electrons. The van der Waals surface area contributed by atoms with Crippen molar-refractivity contribution in [2.45, 2.75) is 20.3 Å². The summed E-state index contributed by atoms with van der Waals surface area (Å²) in [5.41, 5.74) is 6.05. The van der Waals surface area contributed by atoms with Crippen molar-refractivity contribution in [3.63, 3.8) is 0 Å². The van der Waals surface area contributed by atoms with Gasteiger partial charge in [-0.05, 0) is 49.2 Å². The number of fused-ring (bicyclic) bond motifs is 3. The van der Waals surface area contributed by atoms with Crippen LogP contribution in [0.1, 0.15) is 24.5 Å². The highest BCUT2D eigenvalue weighted by Crippen LogP contribution is 2.32. The third-order valence-corrected chi connectivity index (χ3v) is 5.10. The van der Waals surface area contributed by atoms with Gasteiger partial charge in [0.2, 0.25) is 0 Å². The summed E-state index contributed by atoms with van der Waals surface area (Å²) in [5.74, 6) is 0. The van der Waals surface area contributed by atoms with Gasteiger partial charge in [0.1, 0.15) is 0 Å². The summed E-state index contributed by atoms with van der Waals surface area (Å²) in [6.45, 7) is 4.17. The molecule has 4 aromatic rings. The monoisotopic (exact) mass is 364 g/mol. The standard InChI is InChI=1S/C26H24N2/c1-3-4-5-6-13-24(27)23-18-20(17-16-19(23)2)28-25-14-9-7-11-21(25)22-12-8-10-15-26(22)28/h4-18,27H,3H2,1-2H3/b5-4-,13-6-,27-24?. The Morgan fingerprint density at radius 2 is 1.54 bits per heavy atom. The summed E-state index contributed by atoms with van der Waals surface area (Å²) < 4.78 is 2.29. The van der Waals surface area contributed by atoms with E-state index < -0.39 is 0 Å². The Labute approximate surface area is 165 Å². The highest BCUT2D eigenvalue weighted by Gasteiger charge is 2.12. The number of hydrogen-bond acceptors (Lipinski definition) is 1. The van der Waals surface area contributed by atoms with Gasteiger partial charge in [-0.15, -0.1) is 0 Å². The fraction of sp³-hybridized carbons (Fsp3) is 0.115. The summed E-state index contributed by atoms with van der Waals surface area (Å²) in [6, 6.07) is 23.4. The lowest BCUT2D eigenvalue weighted by Gasteiger charge is -2.12. The number of allylic oxidation sites excluding steroid dienone is 4. The van der Waals surface area contributed by atoms with E-state index in [-0.39, 0.29) is 0 Å². The van der Waals surface area contributed by atoms with Gasteiger partial charge in [0.05, 0.1) is 16.7 Å². The third kappa shape index (κ3) is 3.18. The first kappa shape index (κ1) is 18.0. The van der Waals surface area contributed by atoms with Crippen molar-refractivity contribution in [3.8, 4) is 5.69 Å². The molecule has 138 valence electrons. The second-order valence-corrected chi connectivity index (χ2v) is 6.98. The van der Waals surface area contributed by atoms with Gasteiger partial charge >= 0.3 is 0 Å². The Kier molecular flexibility index (Phi) is 4.94. The van der Waals surface area contributed by atoms with Gasteiger partial charge in [-0.1, -0.05) is 67.6 Å². The molecule has 0 atom stereocenters. The molecule has 3 aromatic carbocycles. The lowest BCUT2D eigenvalue weighted by Crippen LogP contribution is -2.02. The molecule has 28 heavy (non-hydrogen) atoms. The summed E-state index contributed by atoms with van der Waals surface area (Å²) in [6.07, 6.45) is 8.90. The van der Waals surface area contributed by atoms with Crippen LogP contribution in [-0.2, 0) is 0 Å². The van der Waals surface area contributed by atoms with Crippen molar-refractivity contribution < 1.29 is 0 Å². The van der Waals surface area contributed by atoms with E-state index in [4.69, 9.17) is 5.41 Å². The molecule has 0 bridgehead atoms. The summed E-state index contributed by atoms with van der Waals surface area (Å²) in [7, 11) is 0. The van der Waals surface area contributed by atoms with Gasteiger partial charge in [-0.25, -0.2) is 0 Å². The van der Waals surface area contributed by atoms with Crippen LogP contribution in [0.3, 0.4) is 0 Å². The van der Waals surface area contributed by atoms with Crippen LogP contribution in [-0.4, -0.2) is 10.3 Å². The first-order valence-corrected chi connectivity index (χ1v) is 9.72. The quantitative estimate of drug-likeness (QED) is 0.292. The van der Waals surface area contributed by atoms with Crippen molar-refractivity contribution in [1.29, 1.82) is 5.41 Å². The summed E-state index contributed by atoms with van der Waals surface area (Å²) in [4.78, 5) is 0. The number of hydrogen-bond donors (Lipinski definition) is 1. The molecule has 0 unspecified atom stereocenters. The summed E-state index contributed by atoms with van der Waals surface area (Å²) >= 11 is 0. The average molecular weight is 364 g/mol. The highest BCUT2D eigenvalue weighted by molar-refractivity contribution is 6.10. The molecular weight excluding hydrogens is 340 g/mol. The topological polar surface area (TPSA) is 28.8 Å². The van der Waals surface area contributed by atoms with Crippen molar-refractivity contribution in [1.82, 2.24) is 4.57 Å². The largest absolute Gasteiger partial charge is 0.309 e. The van der Waals surface area contributed by atoms with Crippen LogP contribution in [0.15, 0.2) is 91.0 Å². The molecular formula is C26H24N2. The molecule has 0 aliphatic carbocycles. The van der Waals surface area contributed by atoms with E-state index in [1.54, 1.807) is 0 Å². The predicted molar refractivity (Wildman–Crippen MR) is 121 cm³/mol. The smallest absolute Gasteiger partial charge is 0.0615 e. The van der Waals surface area contributed by atoms with Gasteiger partial charge in [-0.3, -0.25) is 0 Å². The fourth-order valence-corrected chi connectivity index (χ4v) is 3.70. The minimum atomic E-state index is 0.529. The van der Waals surface area contributed by atoms with Crippen molar-refractivity contribution in [2.75, 3.05) is 0 Å². The Bertz CT molecular complexity index is 1170. The van der Waals surface area contributed by atoms with E-state index in [0.29, 0.717) is 5.71 Å². The molecule has 0 aliphatic heterocycles. The van der Waals surface area contributed by atoms with Gasteiger partial charge in [0.15, 0.2) is 0 Å². The Morgan fingerprint density at radius 3 is 2.18 bits per heavy atom. The number of rotatable bonds is 5. The fourth-order valence-electron chi connectivity index (χ4n) is 3.70. The van der Waals surface area contributed by atoms with Crippen LogP contribution in [0.4, 0.5) is 0 Å². The third-order valence-electron chi connectivity index (χ3n) is 5.10. The van der Waals surface area contributed by atoms with Crippen LogP contribution in [0.25, 0.3) is 27.5 Å². The number of aryl methyl sites for hydroxylation is 1. The maximum Gasteiger partial charge on any atom is 0.0615 e. The minimum Gasteiger partial charge on any atom is -0.309 e. The molecule has 2 nitrogen and oxygen atoms in total. The number of nitrogens with zero attached hydrogens (tertiary/aromatic N) is 1. The van der Waals surface area contributed by atoms with E-state index in [2.05, 4.69) is 91.2 Å². The minimum absolute atomic E-state index is 0.529. The van der Waals surface area contributed by atoms with Gasteiger partial charge < -0.3 is 9.98 Å². The second-order valence-electron chi connectivity index (χ2n) is 6.98. The molecule has 0 saturated heterocycles. The molecule has 1 N–H and O–H groups in total. The molecule has 0 aliphatic rings. The predicted octanol–water partition coefficient (Wildman–Crippen LogP) is 6.98. The van der Waals surface area contributed by atoms with Crippen LogP contribution < -0.4 is 0 Å². The SMILES string of the molecule is CC/C=C\C=C/C(=N)c1cc(-n2c3ccccc3c3ccccc32)ccc1C. The number of aromatic nitrogens is 1. The molecule has 1 heterocycles. The van der Waals surface area contributed by atoms with E-state index in [1.165, 1.54) is 21.8 Å². The van der Waals surface area contributed by atoms with Gasteiger partial charge in [-0.2, -0.15) is 0 Å². The normalized spacial score (nSPS) is 11.9. The zero-order chi connectivity index (χ0) is 19.5. The van der Waals surface area contributed by atoms with Crippen molar-refractivity contribution in [2.24, 2.45) is 0 Å². The highest BCUT2D eigenvalue weighted by atomic mass is 15.0. The first-order chi connectivity index (χ1) is 13.7. The molecule has 0 spiro atoms. The number of benzene rings is 3. The van der Waals surface area contributed by atoms with Crippen LogP contribution in [0.2, 0.25) is 0 Å². The zero-order valence-electron chi connectivity index (χ0n) is 16.3. The number of nitrogens with one attached hydrogen (secondary N) is 1. The van der Waals surface area contributed by atoms with Crippen LogP contribution in [0.5, 0.6) is 0 Å². The van der Waals surface area contributed by atoms with E-state index in [1.807, 2.05) is 18.2 Å². The maximum atomic E-state index is 8.52. The summed E-state index contributed by atoms with van der Waals surface area (Å²) in [5, 5.41) is 11.0. The first-order valence-electron chi connectivity index (χ1n) is 9.72. The molecule has 4 rings (SSSR count). The molecule has 2 heteroatoms. The van der Waals surface area contributed by atoms with Crippen molar-refractivity contribution >= 4 is 27.5 Å². The lowest BCUT2D eigenvalue weighted by atomic mass is 10.0. The van der Waals surface area contributed by atoms with Gasteiger partial charge in [0.25, 0.3) is 0 Å². The van der Waals surface area contributed by atoms with E-state index in [9.17, 15) is 0 Å². The maximum absolute atomic E-state index is 8.52. The van der Waals surface area contributed by atoms with Crippen LogP contribution >= 0.6 is 0 Å². The average Bonchev–Trinajstić information content (AvgIpc) is 3.06. The van der Waals surface area contributed by atoms with E-state index >= 15 is 0 Å². The second kappa shape index (κ2) is 7.69. The Hall–Kier alpha value is -3.39. The zero-order valence-corrected chi connectivity index (χ0v) is 16.3. The number of para-hydroxylation sites is 2. The van der Waals surface area contributed by atoms with E-state index in [0.717, 1.165) is 23.2 Å². The lowest BCUT2D eigenvalue weighted by molar-refractivity contribution is 1.17. The van der Waals surface area contributed by atoms with Crippen molar-refractivity contribution in [3.05, 3.63) is 102 Å². The Morgan fingerprint density at radius 1 is 0.893 bits per heavy atom. The molecule has 0 saturated carbocycles. The molecule has 1 aromatic heterocycles. The van der Waals surface area contributed by atoms with Gasteiger partial charge in [0, 0.05) is 22.0 Å². The Balaban J connectivity index is 1.88.